The number of benzene rings is 4. The predicted octanol–water partition coefficient (Wildman–Crippen LogP) is 12.7. The molecule has 0 aromatic heterocycles. The van der Waals surface area contributed by atoms with E-state index in [-0.39, 0.29) is 0 Å². The average molecular weight is 895 g/mol. The second-order valence-electron chi connectivity index (χ2n) is 17.4. The zero-order valence-corrected chi connectivity index (χ0v) is 41.2. The summed E-state index contributed by atoms with van der Waals surface area (Å²) in [6, 6.07) is 16.2. The maximum absolute atomic E-state index is 6.75. The van der Waals surface area contributed by atoms with E-state index in [9.17, 15) is 0 Å². The number of rotatable bonds is 20. The first-order valence-corrected chi connectivity index (χ1v) is 24.8. The van der Waals surface area contributed by atoms with Gasteiger partial charge in [0.2, 0.25) is 0 Å². The Balaban J connectivity index is 1.68. The quantitative estimate of drug-likeness (QED) is 0.0403. The fraction of sp³-hybridized carbons (Fsp3) is 0.375. The van der Waals surface area contributed by atoms with E-state index in [0.717, 1.165) is 99.3 Å². The van der Waals surface area contributed by atoms with Gasteiger partial charge in [-0.2, -0.15) is 0 Å². The summed E-state index contributed by atoms with van der Waals surface area (Å²) in [6.45, 7) is 8.84. The predicted molar refractivity (Wildman–Crippen MR) is 292 cm³/mol. The lowest BCUT2D eigenvalue weighted by Crippen LogP contribution is -1.99. The molecule has 0 aliphatic rings. The van der Waals surface area contributed by atoms with Crippen molar-refractivity contribution < 1.29 is 0 Å². The van der Waals surface area contributed by atoms with Crippen LogP contribution in [0.25, 0.3) is 0 Å². The molecule has 0 aliphatic carbocycles. The second kappa shape index (κ2) is 30.0. The van der Waals surface area contributed by atoms with Crippen molar-refractivity contribution in [3.8, 4) is 95.7 Å². The summed E-state index contributed by atoms with van der Waals surface area (Å²) in [5, 5.41) is 0. The molecule has 0 unspecified atom stereocenters. The number of hydrogen-bond acceptors (Lipinski definition) is 4. The van der Waals surface area contributed by atoms with Crippen LogP contribution in [0.3, 0.4) is 0 Å². The molecule has 0 bridgehead atoms. The number of hydrogen-bond donors (Lipinski definition) is 4. The van der Waals surface area contributed by atoms with Gasteiger partial charge in [0.25, 0.3) is 0 Å². The Kier molecular flexibility index (Phi) is 23.4. The van der Waals surface area contributed by atoms with Crippen LogP contribution in [0.4, 0.5) is 22.7 Å². The highest BCUT2D eigenvalue weighted by Gasteiger charge is 2.10. The third kappa shape index (κ3) is 17.4. The van der Waals surface area contributed by atoms with Gasteiger partial charge in [-0.05, 0) is 158 Å². The van der Waals surface area contributed by atoms with Crippen LogP contribution in [0.2, 0.25) is 0 Å². The van der Waals surface area contributed by atoms with Gasteiger partial charge in [-0.25, -0.2) is 0 Å². The van der Waals surface area contributed by atoms with Crippen LogP contribution in [0.1, 0.15) is 197 Å². The van der Waals surface area contributed by atoms with E-state index in [4.69, 9.17) is 35.8 Å². The van der Waals surface area contributed by atoms with E-state index in [2.05, 4.69) is 111 Å². The Bertz CT molecular complexity index is 2640. The largest absolute Gasteiger partial charge is 0.397 e. The van der Waals surface area contributed by atoms with Crippen LogP contribution in [0.5, 0.6) is 0 Å². The summed E-state index contributed by atoms with van der Waals surface area (Å²) in [5.41, 5.74) is 38.2. The van der Waals surface area contributed by atoms with Crippen molar-refractivity contribution in [2.24, 2.45) is 0 Å². The van der Waals surface area contributed by atoms with Gasteiger partial charge < -0.3 is 22.9 Å². The Morgan fingerprint density at radius 2 is 0.485 bits per heavy atom. The lowest BCUT2D eigenvalue weighted by molar-refractivity contribution is 0.667. The van der Waals surface area contributed by atoms with Crippen LogP contribution < -0.4 is 22.9 Å². The number of unbranched alkanes of at least 4 members (excludes halogenated alkanes) is 12. The van der Waals surface area contributed by atoms with Crippen molar-refractivity contribution in [1.82, 2.24) is 0 Å². The lowest BCUT2D eigenvalue weighted by Gasteiger charge is -2.08. The molecule has 4 nitrogen and oxygen atoms in total. The van der Waals surface area contributed by atoms with Crippen LogP contribution in [0.15, 0.2) is 48.5 Å². The molecule has 4 heteroatoms. The number of nitrogens with two attached hydrogens (primary N) is 4. The first-order valence-electron chi connectivity index (χ1n) is 24.8. The van der Waals surface area contributed by atoms with Crippen molar-refractivity contribution in [2.45, 2.75) is 156 Å². The number of anilines is 4. The lowest BCUT2D eigenvalue weighted by atomic mass is 9.98. The standard InChI is InChI=1S/C64H70N4/c1-7-13-17-21-31-49-41-53(11-5)61(65)55(43-49)35-25-27-37-57-45-51(33-23-19-15-9-3)47-59(63(57)67)39-29-30-40-60-48-52(34-24-20-16-10-4)46-58(64(60)68)38-28-26-36-56-44-50(32-22-18-14-8-2)42-54(12-6)62(56)66/h5-6,41-48H,7-10,13-24,31-34,65-68H2,1-4H3. The van der Waals surface area contributed by atoms with E-state index >= 15 is 0 Å². The Labute approximate surface area is 411 Å². The van der Waals surface area contributed by atoms with Gasteiger partial charge in [-0.3, -0.25) is 0 Å². The molecule has 0 aliphatic heterocycles. The molecule has 0 saturated carbocycles. The SMILES string of the molecule is C#Cc1cc(CCCCCC)cc(C#CC#Cc2cc(CCCCCC)cc(C#CC#Cc3cc(CCCCCC)cc(C#CC#Cc4cc(CCCCCC)cc(C#C)c4N)c3N)c2N)c1N. The van der Waals surface area contributed by atoms with E-state index in [1.54, 1.807) is 0 Å². The van der Waals surface area contributed by atoms with Gasteiger partial charge in [-0.15, -0.1) is 12.8 Å². The van der Waals surface area contributed by atoms with Crippen LogP contribution in [-0.4, -0.2) is 0 Å². The highest BCUT2D eigenvalue weighted by atomic mass is 14.6. The minimum Gasteiger partial charge on any atom is -0.397 e. The third-order valence-corrected chi connectivity index (χ3v) is 11.9. The summed E-state index contributed by atoms with van der Waals surface area (Å²) in [7, 11) is 0. The van der Waals surface area contributed by atoms with Crippen molar-refractivity contribution in [3.63, 3.8) is 0 Å². The number of aryl methyl sites for hydroxylation is 4. The fourth-order valence-electron chi connectivity index (χ4n) is 7.90. The van der Waals surface area contributed by atoms with Gasteiger partial charge in [-0.1, -0.05) is 152 Å². The summed E-state index contributed by atoms with van der Waals surface area (Å²) in [5.74, 6) is 42.7. The zero-order chi connectivity index (χ0) is 48.9. The summed E-state index contributed by atoms with van der Waals surface area (Å²) >= 11 is 0. The van der Waals surface area contributed by atoms with E-state index < -0.39 is 0 Å². The molecule has 0 radical (unpaired) electrons. The molecule has 4 aromatic rings. The Hall–Kier alpha value is -7.44. The Morgan fingerprint density at radius 3 is 0.676 bits per heavy atom. The molecule has 68 heavy (non-hydrogen) atoms. The molecule has 4 aromatic carbocycles. The van der Waals surface area contributed by atoms with Crippen LogP contribution in [0, 0.1) is 95.7 Å². The highest BCUT2D eigenvalue weighted by Crippen LogP contribution is 2.25. The fourth-order valence-corrected chi connectivity index (χ4v) is 7.90. The van der Waals surface area contributed by atoms with Crippen molar-refractivity contribution in [3.05, 3.63) is 115 Å². The highest BCUT2D eigenvalue weighted by molar-refractivity contribution is 5.72. The van der Waals surface area contributed by atoms with Gasteiger partial charge in [0, 0.05) is 11.1 Å². The number of nitrogen functional groups attached to an aromatic ring is 4. The summed E-state index contributed by atoms with van der Waals surface area (Å²) < 4.78 is 0. The van der Waals surface area contributed by atoms with Crippen LogP contribution >= 0.6 is 0 Å². The summed E-state index contributed by atoms with van der Waals surface area (Å²) in [6.07, 6.45) is 33.7. The topological polar surface area (TPSA) is 104 Å². The molecule has 4 rings (SSSR count). The first kappa shape index (κ1) is 53.2. The third-order valence-electron chi connectivity index (χ3n) is 11.9. The van der Waals surface area contributed by atoms with Crippen molar-refractivity contribution in [2.75, 3.05) is 22.9 Å². The zero-order valence-electron chi connectivity index (χ0n) is 41.2. The Morgan fingerprint density at radius 1 is 0.294 bits per heavy atom. The molecular weight excluding hydrogens is 825 g/mol. The summed E-state index contributed by atoms with van der Waals surface area (Å²) in [4.78, 5) is 0. The molecule has 0 amide bonds. The van der Waals surface area contributed by atoms with E-state index in [1.165, 1.54) is 51.4 Å². The molecule has 0 saturated heterocycles. The van der Waals surface area contributed by atoms with E-state index in [1.807, 2.05) is 48.5 Å². The average Bonchev–Trinajstić information content (AvgIpc) is 3.34. The molecule has 0 atom stereocenters. The smallest absolute Gasteiger partial charge is 0.0633 e. The molecule has 0 spiro atoms. The van der Waals surface area contributed by atoms with Crippen LogP contribution in [-0.2, 0) is 25.7 Å². The maximum atomic E-state index is 6.75. The molecule has 346 valence electrons. The maximum Gasteiger partial charge on any atom is 0.0633 e. The molecule has 0 fully saturated rings. The monoisotopic (exact) mass is 895 g/mol. The second-order valence-corrected chi connectivity index (χ2v) is 17.4. The van der Waals surface area contributed by atoms with E-state index in [0.29, 0.717) is 67.3 Å². The van der Waals surface area contributed by atoms with Gasteiger partial charge >= 0.3 is 0 Å². The van der Waals surface area contributed by atoms with Gasteiger partial charge in [0.1, 0.15) is 0 Å². The normalized spacial score (nSPS) is 9.85. The van der Waals surface area contributed by atoms with Gasteiger partial charge in [0.15, 0.2) is 0 Å². The number of terminal acetylenes is 2. The minimum atomic E-state index is 0.484. The van der Waals surface area contributed by atoms with Gasteiger partial charge in [0.05, 0.1) is 56.1 Å². The molecule has 0 heterocycles. The minimum absolute atomic E-state index is 0.484. The molecule has 8 N–H and O–H groups in total. The van der Waals surface area contributed by atoms with Crippen molar-refractivity contribution in [1.29, 1.82) is 0 Å². The molecular formula is C64H70N4. The first-order chi connectivity index (χ1) is 33.1. The van der Waals surface area contributed by atoms with Crippen molar-refractivity contribution >= 4 is 22.7 Å².